The van der Waals surface area contributed by atoms with Crippen molar-refractivity contribution in [1.29, 1.82) is 0 Å². The minimum Gasteiger partial charge on any atom is -0.353 e. The number of carbonyl (C=O) groups is 2. The van der Waals surface area contributed by atoms with Crippen LogP contribution in [0.15, 0.2) is 6.07 Å². The van der Waals surface area contributed by atoms with E-state index in [4.69, 9.17) is 0 Å². The maximum atomic E-state index is 12.4. The molecule has 0 unspecified atom stereocenters. The first-order valence-corrected chi connectivity index (χ1v) is 8.82. The fourth-order valence-corrected chi connectivity index (χ4v) is 3.71. The van der Waals surface area contributed by atoms with Gasteiger partial charge in [-0.05, 0) is 39.2 Å². The van der Waals surface area contributed by atoms with Gasteiger partial charge in [0.1, 0.15) is 5.54 Å². The SMILES string of the molecule is Cc1cc(C)n(CCCC(=O)N2CCC3(CC2)NCCNC3=O)n1. The van der Waals surface area contributed by atoms with Crippen LogP contribution < -0.4 is 10.6 Å². The first-order chi connectivity index (χ1) is 11.5. The average Bonchev–Trinajstić information content (AvgIpc) is 2.89. The molecule has 2 amide bonds. The normalized spacial score (nSPS) is 20.2. The Hall–Kier alpha value is -1.89. The van der Waals surface area contributed by atoms with Crippen molar-refractivity contribution in [3.8, 4) is 0 Å². The average molecular weight is 333 g/mol. The van der Waals surface area contributed by atoms with Crippen LogP contribution >= 0.6 is 0 Å². The molecule has 24 heavy (non-hydrogen) atoms. The highest BCUT2D eigenvalue weighted by Crippen LogP contribution is 2.24. The summed E-state index contributed by atoms with van der Waals surface area (Å²) in [5.41, 5.74) is 1.69. The highest BCUT2D eigenvalue weighted by Gasteiger charge is 2.43. The topological polar surface area (TPSA) is 79.3 Å². The van der Waals surface area contributed by atoms with E-state index in [9.17, 15) is 9.59 Å². The molecule has 0 saturated carbocycles. The van der Waals surface area contributed by atoms with E-state index in [0.29, 0.717) is 38.9 Å². The smallest absolute Gasteiger partial charge is 0.240 e. The molecule has 1 aromatic heterocycles. The summed E-state index contributed by atoms with van der Waals surface area (Å²) in [7, 11) is 0. The Bertz CT molecular complexity index is 616. The van der Waals surface area contributed by atoms with Gasteiger partial charge in [0.2, 0.25) is 11.8 Å². The van der Waals surface area contributed by atoms with E-state index in [0.717, 1.165) is 30.9 Å². The van der Waals surface area contributed by atoms with Gasteiger partial charge in [-0.25, -0.2) is 0 Å². The van der Waals surface area contributed by atoms with Crippen LogP contribution in [-0.4, -0.2) is 58.2 Å². The molecule has 3 rings (SSSR count). The molecule has 0 radical (unpaired) electrons. The van der Waals surface area contributed by atoms with Crippen molar-refractivity contribution >= 4 is 11.8 Å². The number of aryl methyl sites for hydroxylation is 3. The molecule has 2 N–H and O–H groups in total. The molecule has 2 aliphatic rings. The zero-order valence-corrected chi connectivity index (χ0v) is 14.6. The van der Waals surface area contributed by atoms with E-state index in [-0.39, 0.29) is 11.8 Å². The van der Waals surface area contributed by atoms with E-state index < -0.39 is 5.54 Å². The number of nitrogens with zero attached hydrogens (tertiary/aromatic N) is 3. The quantitative estimate of drug-likeness (QED) is 0.834. The Balaban J connectivity index is 1.45. The van der Waals surface area contributed by atoms with Crippen molar-refractivity contribution in [2.24, 2.45) is 0 Å². The number of nitrogens with one attached hydrogen (secondary N) is 2. The minimum absolute atomic E-state index is 0.0883. The molecule has 1 aromatic rings. The fourth-order valence-electron chi connectivity index (χ4n) is 3.71. The van der Waals surface area contributed by atoms with Crippen molar-refractivity contribution in [2.75, 3.05) is 26.2 Å². The summed E-state index contributed by atoms with van der Waals surface area (Å²) in [5, 5.41) is 10.7. The maximum absolute atomic E-state index is 12.4. The van der Waals surface area contributed by atoms with E-state index in [2.05, 4.69) is 15.7 Å². The molecule has 7 heteroatoms. The van der Waals surface area contributed by atoms with Gasteiger partial charge in [0.15, 0.2) is 0 Å². The highest BCUT2D eigenvalue weighted by atomic mass is 16.2. The Morgan fingerprint density at radius 3 is 2.67 bits per heavy atom. The molecule has 2 aliphatic heterocycles. The van der Waals surface area contributed by atoms with Gasteiger partial charge < -0.3 is 15.5 Å². The first-order valence-electron chi connectivity index (χ1n) is 8.82. The summed E-state index contributed by atoms with van der Waals surface area (Å²) >= 11 is 0. The van der Waals surface area contributed by atoms with Gasteiger partial charge >= 0.3 is 0 Å². The number of amides is 2. The van der Waals surface area contributed by atoms with Crippen LogP contribution in [0.2, 0.25) is 0 Å². The molecule has 2 saturated heterocycles. The van der Waals surface area contributed by atoms with Crippen molar-refractivity contribution in [2.45, 2.75) is 51.6 Å². The Morgan fingerprint density at radius 2 is 2.04 bits per heavy atom. The van der Waals surface area contributed by atoms with Gasteiger partial charge in [-0.3, -0.25) is 14.3 Å². The maximum Gasteiger partial charge on any atom is 0.240 e. The second kappa shape index (κ2) is 6.93. The standard InChI is InChI=1S/C17H27N5O2/c1-13-12-14(2)22(20-13)9-3-4-15(23)21-10-5-17(6-11-21)16(24)18-7-8-19-17/h12,19H,3-11H2,1-2H3,(H,18,24). The molecule has 132 valence electrons. The van der Waals surface area contributed by atoms with Crippen LogP contribution in [0.3, 0.4) is 0 Å². The molecule has 3 heterocycles. The highest BCUT2D eigenvalue weighted by molar-refractivity contribution is 5.87. The number of hydrogen-bond acceptors (Lipinski definition) is 4. The van der Waals surface area contributed by atoms with Crippen LogP contribution in [0, 0.1) is 13.8 Å². The van der Waals surface area contributed by atoms with Crippen LogP contribution in [0.1, 0.15) is 37.1 Å². The number of piperazine rings is 1. The largest absolute Gasteiger partial charge is 0.353 e. The second-order valence-electron chi connectivity index (χ2n) is 6.90. The van der Waals surface area contributed by atoms with Crippen LogP contribution in [0.4, 0.5) is 0 Å². The van der Waals surface area contributed by atoms with Gasteiger partial charge in [-0.2, -0.15) is 5.10 Å². The number of likely N-dealkylation sites (tertiary alicyclic amines) is 1. The van der Waals surface area contributed by atoms with Gasteiger partial charge in [0, 0.05) is 44.8 Å². The number of aromatic nitrogens is 2. The third-order valence-corrected chi connectivity index (χ3v) is 5.14. The third kappa shape index (κ3) is 3.45. The van der Waals surface area contributed by atoms with Gasteiger partial charge in [-0.1, -0.05) is 0 Å². The summed E-state index contributed by atoms with van der Waals surface area (Å²) in [6.07, 6.45) is 2.72. The summed E-state index contributed by atoms with van der Waals surface area (Å²) in [4.78, 5) is 26.4. The summed E-state index contributed by atoms with van der Waals surface area (Å²) in [6.45, 7) is 7.59. The lowest BCUT2D eigenvalue weighted by Crippen LogP contribution is -2.66. The summed E-state index contributed by atoms with van der Waals surface area (Å²) in [6, 6.07) is 2.05. The number of carbonyl (C=O) groups excluding carboxylic acids is 2. The molecule has 7 nitrogen and oxygen atoms in total. The lowest BCUT2D eigenvalue weighted by atomic mass is 9.85. The predicted molar refractivity (Wildman–Crippen MR) is 90.5 cm³/mol. The van der Waals surface area contributed by atoms with Crippen molar-refractivity contribution in [3.05, 3.63) is 17.5 Å². The summed E-state index contributed by atoms with van der Waals surface area (Å²) < 4.78 is 1.96. The number of piperidine rings is 1. The predicted octanol–water partition coefficient (Wildman–Crippen LogP) is 0.361. The van der Waals surface area contributed by atoms with E-state index in [1.54, 1.807) is 0 Å². The lowest BCUT2D eigenvalue weighted by Gasteiger charge is -2.43. The number of hydrogen-bond donors (Lipinski definition) is 2. The van der Waals surface area contributed by atoms with Crippen molar-refractivity contribution in [1.82, 2.24) is 25.3 Å². The first kappa shape index (κ1) is 17.0. The number of rotatable bonds is 4. The van der Waals surface area contributed by atoms with Crippen molar-refractivity contribution in [3.63, 3.8) is 0 Å². The summed E-state index contributed by atoms with van der Waals surface area (Å²) in [5.74, 6) is 0.271. The van der Waals surface area contributed by atoms with Gasteiger partial charge in [0.05, 0.1) is 5.69 Å². The molecular weight excluding hydrogens is 306 g/mol. The fraction of sp³-hybridized carbons (Fsp3) is 0.706. The molecule has 0 bridgehead atoms. The van der Waals surface area contributed by atoms with Crippen molar-refractivity contribution < 1.29 is 9.59 Å². The second-order valence-corrected chi connectivity index (χ2v) is 6.90. The van der Waals surface area contributed by atoms with Crippen LogP contribution in [0.5, 0.6) is 0 Å². The van der Waals surface area contributed by atoms with E-state index in [1.807, 2.05) is 29.5 Å². The Labute approximate surface area is 142 Å². The third-order valence-electron chi connectivity index (χ3n) is 5.14. The van der Waals surface area contributed by atoms with Crippen LogP contribution in [0.25, 0.3) is 0 Å². The van der Waals surface area contributed by atoms with E-state index in [1.165, 1.54) is 0 Å². The molecule has 1 spiro atoms. The van der Waals surface area contributed by atoms with Gasteiger partial charge in [0.25, 0.3) is 0 Å². The zero-order chi connectivity index (χ0) is 17.2. The van der Waals surface area contributed by atoms with Gasteiger partial charge in [-0.15, -0.1) is 0 Å². The lowest BCUT2D eigenvalue weighted by molar-refractivity contribution is -0.138. The molecule has 0 atom stereocenters. The minimum atomic E-state index is -0.460. The van der Waals surface area contributed by atoms with E-state index >= 15 is 0 Å². The molecule has 0 aromatic carbocycles. The zero-order valence-electron chi connectivity index (χ0n) is 14.6. The monoisotopic (exact) mass is 333 g/mol. The Kier molecular flexibility index (Phi) is 4.89. The molecule has 2 fully saturated rings. The van der Waals surface area contributed by atoms with Crippen LogP contribution in [-0.2, 0) is 16.1 Å². The molecule has 0 aliphatic carbocycles. The Morgan fingerprint density at radius 1 is 1.29 bits per heavy atom. The molecular formula is C17H27N5O2.